The molecule has 0 radical (unpaired) electrons. The van der Waals surface area contributed by atoms with E-state index in [1.165, 1.54) is 0 Å². The zero-order valence-corrected chi connectivity index (χ0v) is 16.7. The average molecular weight is 430 g/mol. The van der Waals surface area contributed by atoms with Crippen molar-refractivity contribution in [3.8, 4) is 0 Å². The van der Waals surface area contributed by atoms with Gasteiger partial charge in [-0.15, -0.1) is 0 Å². The summed E-state index contributed by atoms with van der Waals surface area (Å²) < 4.78 is 0. The highest BCUT2D eigenvalue weighted by Crippen LogP contribution is 2.38. The Morgan fingerprint density at radius 2 is 1.88 bits per heavy atom. The fraction of sp³-hybridized carbons (Fsp3) is 0.222. The molecule has 0 saturated heterocycles. The summed E-state index contributed by atoms with van der Waals surface area (Å²) in [5.41, 5.74) is 2.16. The summed E-state index contributed by atoms with van der Waals surface area (Å²) in [7, 11) is 0. The molecule has 1 heterocycles. The SMILES string of the molecule is O=C(CSC(=O)N1CCCc2cc(Cl)cc(Cl)c21)Nc1ccccc1Cl. The molecule has 4 nitrogen and oxygen atoms in total. The number of fused-ring (bicyclic) bond motifs is 1. The smallest absolute Gasteiger partial charge is 0.286 e. The number of halogens is 3. The minimum Gasteiger partial charge on any atom is -0.324 e. The Morgan fingerprint density at radius 3 is 2.65 bits per heavy atom. The van der Waals surface area contributed by atoms with E-state index >= 15 is 0 Å². The maximum Gasteiger partial charge on any atom is 0.286 e. The zero-order chi connectivity index (χ0) is 18.7. The number of thioether (sulfide) groups is 1. The molecule has 136 valence electrons. The number of rotatable bonds is 3. The second-order valence-corrected chi connectivity index (χ2v) is 7.91. The van der Waals surface area contributed by atoms with Crippen LogP contribution < -0.4 is 10.2 Å². The van der Waals surface area contributed by atoms with Gasteiger partial charge in [0.15, 0.2) is 0 Å². The summed E-state index contributed by atoms with van der Waals surface area (Å²) in [5, 5.41) is 3.93. The van der Waals surface area contributed by atoms with Gasteiger partial charge in [0.1, 0.15) is 0 Å². The molecule has 0 spiro atoms. The first-order valence-electron chi connectivity index (χ1n) is 7.92. The lowest BCUT2D eigenvalue weighted by Gasteiger charge is -2.30. The van der Waals surface area contributed by atoms with Gasteiger partial charge in [-0.05, 0) is 42.7 Å². The fourth-order valence-electron chi connectivity index (χ4n) is 2.79. The topological polar surface area (TPSA) is 49.4 Å². The molecule has 0 saturated carbocycles. The maximum absolute atomic E-state index is 12.6. The number of carbonyl (C=O) groups excluding carboxylic acids is 2. The number of anilines is 2. The molecule has 0 fully saturated rings. The molecule has 1 aliphatic heterocycles. The summed E-state index contributed by atoms with van der Waals surface area (Å²) in [4.78, 5) is 26.3. The second-order valence-electron chi connectivity index (χ2n) is 5.73. The van der Waals surface area contributed by atoms with E-state index in [4.69, 9.17) is 34.8 Å². The number of benzene rings is 2. The van der Waals surface area contributed by atoms with Gasteiger partial charge in [-0.3, -0.25) is 9.59 Å². The molecule has 2 aromatic rings. The summed E-state index contributed by atoms with van der Waals surface area (Å²) in [6.45, 7) is 0.562. The van der Waals surface area contributed by atoms with Crippen molar-refractivity contribution < 1.29 is 9.59 Å². The van der Waals surface area contributed by atoms with E-state index in [0.717, 1.165) is 30.2 Å². The van der Waals surface area contributed by atoms with Crippen molar-refractivity contribution in [2.45, 2.75) is 12.8 Å². The first-order chi connectivity index (χ1) is 12.5. The van der Waals surface area contributed by atoms with Gasteiger partial charge < -0.3 is 10.2 Å². The third-order valence-electron chi connectivity index (χ3n) is 3.90. The van der Waals surface area contributed by atoms with E-state index in [1.807, 2.05) is 6.07 Å². The van der Waals surface area contributed by atoms with Gasteiger partial charge in [-0.1, -0.05) is 58.7 Å². The summed E-state index contributed by atoms with van der Waals surface area (Å²) >= 11 is 19.3. The predicted molar refractivity (Wildman–Crippen MR) is 110 cm³/mol. The molecule has 26 heavy (non-hydrogen) atoms. The molecule has 0 aromatic heterocycles. The number of hydrogen-bond acceptors (Lipinski definition) is 3. The lowest BCUT2D eigenvalue weighted by molar-refractivity contribution is -0.113. The molecular formula is C18H15Cl3N2O2S. The van der Waals surface area contributed by atoms with Crippen molar-refractivity contribution in [2.75, 3.05) is 22.5 Å². The summed E-state index contributed by atoms with van der Waals surface area (Å²) in [6, 6.07) is 10.4. The normalized spacial score (nSPS) is 13.3. The van der Waals surface area contributed by atoms with Crippen molar-refractivity contribution in [2.24, 2.45) is 0 Å². The molecule has 0 unspecified atom stereocenters. The first-order valence-corrected chi connectivity index (χ1v) is 10.0. The Kier molecular flexibility index (Phi) is 6.35. The molecule has 0 aliphatic carbocycles. The maximum atomic E-state index is 12.6. The van der Waals surface area contributed by atoms with Crippen LogP contribution >= 0.6 is 46.6 Å². The van der Waals surface area contributed by atoms with Crippen LogP contribution in [0, 0.1) is 0 Å². The van der Waals surface area contributed by atoms with Crippen LogP contribution in [0.1, 0.15) is 12.0 Å². The zero-order valence-electron chi connectivity index (χ0n) is 13.6. The van der Waals surface area contributed by atoms with E-state index in [0.29, 0.717) is 33.0 Å². The third kappa shape index (κ3) is 4.46. The van der Waals surface area contributed by atoms with Gasteiger partial charge in [-0.25, -0.2) is 0 Å². The largest absolute Gasteiger partial charge is 0.324 e. The van der Waals surface area contributed by atoms with Gasteiger partial charge >= 0.3 is 0 Å². The van der Waals surface area contributed by atoms with Gasteiger partial charge in [0.2, 0.25) is 5.91 Å². The van der Waals surface area contributed by atoms with Crippen LogP contribution in [0.3, 0.4) is 0 Å². The molecular weight excluding hydrogens is 415 g/mol. The molecule has 2 amide bonds. The van der Waals surface area contributed by atoms with Crippen LogP contribution in [-0.2, 0) is 11.2 Å². The van der Waals surface area contributed by atoms with Crippen LogP contribution in [0.25, 0.3) is 0 Å². The molecule has 0 bridgehead atoms. The molecule has 0 atom stereocenters. The third-order valence-corrected chi connectivity index (χ3v) is 5.61. The van der Waals surface area contributed by atoms with Gasteiger partial charge in [0.05, 0.1) is 27.2 Å². The van der Waals surface area contributed by atoms with Crippen molar-refractivity contribution in [3.63, 3.8) is 0 Å². The van der Waals surface area contributed by atoms with Crippen molar-refractivity contribution >= 4 is 69.1 Å². The van der Waals surface area contributed by atoms with E-state index in [9.17, 15) is 9.59 Å². The molecule has 8 heteroatoms. The quantitative estimate of drug-likeness (QED) is 0.661. The Labute approximate surface area is 170 Å². The second kappa shape index (κ2) is 8.53. The number of hydrogen-bond donors (Lipinski definition) is 1. The van der Waals surface area contributed by atoms with Crippen molar-refractivity contribution in [1.82, 2.24) is 0 Å². The summed E-state index contributed by atoms with van der Waals surface area (Å²) in [5.74, 6) is -0.308. The van der Waals surface area contributed by atoms with E-state index in [-0.39, 0.29) is 16.9 Å². The van der Waals surface area contributed by atoms with E-state index in [1.54, 1.807) is 35.2 Å². The molecule has 1 N–H and O–H groups in total. The van der Waals surface area contributed by atoms with Gasteiger partial charge in [0, 0.05) is 11.6 Å². The average Bonchev–Trinajstić information content (AvgIpc) is 2.61. The predicted octanol–water partition coefficient (Wildman–Crippen LogP) is 5.89. The Balaban J connectivity index is 1.65. The fourth-order valence-corrected chi connectivity index (χ4v) is 4.27. The number of para-hydroxylation sites is 1. The number of nitrogens with one attached hydrogen (secondary N) is 1. The van der Waals surface area contributed by atoms with Crippen LogP contribution in [0.5, 0.6) is 0 Å². The summed E-state index contributed by atoms with van der Waals surface area (Å²) in [6.07, 6.45) is 1.64. The Morgan fingerprint density at radius 1 is 1.12 bits per heavy atom. The lowest BCUT2D eigenvalue weighted by atomic mass is 10.0. The van der Waals surface area contributed by atoms with Crippen LogP contribution in [-0.4, -0.2) is 23.4 Å². The number of nitrogens with zero attached hydrogens (tertiary/aromatic N) is 1. The Bertz CT molecular complexity index is 860. The molecule has 1 aliphatic rings. The number of amides is 2. The minimum atomic E-state index is -0.295. The highest BCUT2D eigenvalue weighted by molar-refractivity contribution is 8.14. The van der Waals surface area contributed by atoms with Crippen LogP contribution in [0.2, 0.25) is 15.1 Å². The van der Waals surface area contributed by atoms with Crippen molar-refractivity contribution in [3.05, 3.63) is 57.0 Å². The van der Waals surface area contributed by atoms with Gasteiger partial charge in [0.25, 0.3) is 5.24 Å². The molecule has 2 aromatic carbocycles. The van der Waals surface area contributed by atoms with Crippen LogP contribution in [0.4, 0.5) is 16.2 Å². The van der Waals surface area contributed by atoms with E-state index in [2.05, 4.69) is 5.32 Å². The van der Waals surface area contributed by atoms with Crippen molar-refractivity contribution in [1.29, 1.82) is 0 Å². The number of carbonyl (C=O) groups is 2. The minimum absolute atomic E-state index is 0.0128. The standard InChI is InChI=1S/C18H15Cl3N2O2S/c19-12-8-11-4-3-7-23(17(11)14(21)9-12)18(25)26-10-16(24)22-15-6-2-1-5-13(15)20/h1-2,5-6,8-9H,3-4,7,10H2,(H,22,24). The monoisotopic (exact) mass is 428 g/mol. The first kappa shape index (κ1) is 19.4. The van der Waals surface area contributed by atoms with E-state index < -0.39 is 0 Å². The lowest BCUT2D eigenvalue weighted by Crippen LogP contribution is -2.33. The Hall–Kier alpha value is -1.40. The van der Waals surface area contributed by atoms with Crippen LogP contribution in [0.15, 0.2) is 36.4 Å². The highest BCUT2D eigenvalue weighted by Gasteiger charge is 2.26. The highest BCUT2D eigenvalue weighted by atomic mass is 35.5. The molecule has 3 rings (SSSR count). The van der Waals surface area contributed by atoms with Gasteiger partial charge in [-0.2, -0.15) is 0 Å². The number of aryl methyl sites for hydroxylation is 1.